The van der Waals surface area contributed by atoms with Crippen LogP contribution in [-0.4, -0.2) is 22.2 Å². The van der Waals surface area contributed by atoms with Crippen LogP contribution in [0.15, 0.2) is 6.07 Å². The van der Waals surface area contributed by atoms with Crippen LogP contribution in [0.2, 0.25) is 5.02 Å². The molecule has 96 valence electrons. The maximum Gasteiger partial charge on any atom is 0.320 e. The maximum absolute atomic E-state index is 13.4. The second-order valence-electron chi connectivity index (χ2n) is 3.13. The molecule has 0 fully saturated rings. The second-order valence-corrected chi connectivity index (χ2v) is 3.51. The van der Waals surface area contributed by atoms with Gasteiger partial charge >= 0.3 is 5.97 Å². The van der Waals surface area contributed by atoms with E-state index in [2.05, 4.69) is 0 Å². The number of hydrogen-bond donors (Lipinski definition) is 3. The van der Waals surface area contributed by atoms with E-state index in [1.54, 1.807) is 0 Å². The molecule has 0 aliphatic heterocycles. The molecular weight excluding hydrogens is 279 g/mol. The first-order chi connectivity index (χ1) is 7.34. The van der Waals surface area contributed by atoms with Gasteiger partial charge in [-0.25, -0.2) is 8.78 Å². The number of rotatable bonds is 3. The Bertz CT molecular complexity index is 443. The van der Waals surface area contributed by atoms with Crippen molar-refractivity contribution in [2.24, 2.45) is 5.73 Å². The summed E-state index contributed by atoms with van der Waals surface area (Å²) in [6, 6.07) is -0.834. The van der Waals surface area contributed by atoms with Crippen molar-refractivity contribution in [2.45, 2.75) is 12.5 Å². The van der Waals surface area contributed by atoms with E-state index in [0.717, 1.165) is 0 Å². The molecule has 4 nitrogen and oxygen atoms in total. The van der Waals surface area contributed by atoms with Gasteiger partial charge in [0, 0.05) is 18.1 Å². The fraction of sp³-hybridized carbons (Fsp3) is 0.222. The number of carboxylic acids is 1. The van der Waals surface area contributed by atoms with Gasteiger partial charge in [-0.1, -0.05) is 11.6 Å². The van der Waals surface area contributed by atoms with Gasteiger partial charge in [-0.05, 0) is 0 Å². The lowest BCUT2D eigenvalue weighted by Crippen LogP contribution is -2.33. The molecule has 1 rings (SSSR count). The minimum Gasteiger partial charge on any atom is -0.506 e. The number of carboxylic acid groups (broad SMARTS) is 1. The molecule has 17 heavy (non-hydrogen) atoms. The van der Waals surface area contributed by atoms with Crippen LogP contribution >= 0.6 is 24.0 Å². The van der Waals surface area contributed by atoms with E-state index >= 15 is 0 Å². The molecule has 0 spiro atoms. The highest BCUT2D eigenvalue weighted by atomic mass is 35.5. The van der Waals surface area contributed by atoms with Crippen LogP contribution in [0.3, 0.4) is 0 Å². The molecule has 0 aliphatic rings. The average molecular weight is 288 g/mol. The van der Waals surface area contributed by atoms with Gasteiger partial charge in [-0.15, -0.1) is 12.4 Å². The number of halogens is 4. The Kier molecular flexibility index (Phi) is 5.60. The Morgan fingerprint density at radius 1 is 1.53 bits per heavy atom. The normalized spacial score (nSPS) is 11.8. The van der Waals surface area contributed by atoms with Crippen LogP contribution in [0.4, 0.5) is 8.78 Å². The molecule has 0 saturated carbocycles. The number of aliphatic carboxylic acids is 1. The molecule has 0 saturated heterocycles. The first-order valence-corrected chi connectivity index (χ1v) is 4.56. The first kappa shape index (κ1) is 15.9. The third kappa shape index (κ3) is 3.42. The Hall–Kier alpha value is -1.11. The molecule has 1 atom stereocenters. The lowest BCUT2D eigenvalue weighted by Gasteiger charge is -2.10. The highest BCUT2D eigenvalue weighted by Gasteiger charge is 2.21. The van der Waals surface area contributed by atoms with Gasteiger partial charge in [-0.2, -0.15) is 0 Å². The molecular formula is C9H9Cl2F2NO3. The minimum atomic E-state index is -1.44. The van der Waals surface area contributed by atoms with Gasteiger partial charge in [-0.3, -0.25) is 4.79 Å². The lowest BCUT2D eigenvalue weighted by molar-refractivity contribution is -0.138. The highest BCUT2D eigenvalue weighted by Crippen LogP contribution is 2.30. The highest BCUT2D eigenvalue weighted by molar-refractivity contribution is 6.32. The van der Waals surface area contributed by atoms with Gasteiger partial charge in [0.25, 0.3) is 0 Å². The zero-order valence-corrected chi connectivity index (χ0v) is 9.86. The number of phenols is 1. The predicted octanol–water partition coefficient (Wildman–Crippen LogP) is 1.70. The fourth-order valence-electron chi connectivity index (χ4n) is 1.11. The van der Waals surface area contributed by atoms with Crippen LogP contribution in [0, 0.1) is 11.6 Å². The third-order valence-corrected chi connectivity index (χ3v) is 2.34. The van der Waals surface area contributed by atoms with Crippen molar-refractivity contribution in [2.75, 3.05) is 0 Å². The Labute approximate surface area is 106 Å². The summed E-state index contributed by atoms with van der Waals surface area (Å²) < 4.78 is 26.6. The second kappa shape index (κ2) is 6.00. The Morgan fingerprint density at radius 2 is 2.06 bits per heavy atom. The topological polar surface area (TPSA) is 83.5 Å². The predicted molar refractivity (Wildman–Crippen MR) is 59.6 cm³/mol. The van der Waals surface area contributed by atoms with Crippen molar-refractivity contribution in [3.8, 4) is 5.75 Å². The first-order valence-electron chi connectivity index (χ1n) is 4.18. The van der Waals surface area contributed by atoms with Crippen molar-refractivity contribution in [1.82, 2.24) is 0 Å². The standard InChI is InChI=1S/C9H8ClF2NO3.ClH/c10-7-6(14)2-4(11)3(8(7)12)1-5(13)9(15)16;/h2,5,14H,1,13H2,(H,15,16);1H. The number of nitrogens with two attached hydrogens (primary N) is 1. The molecule has 0 aliphatic carbocycles. The summed E-state index contributed by atoms with van der Waals surface area (Å²) in [5.41, 5.74) is 4.58. The number of benzene rings is 1. The van der Waals surface area contributed by atoms with Crippen LogP contribution in [0.25, 0.3) is 0 Å². The summed E-state index contributed by atoms with van der Waals surface area (Å²) in [6.07, 6.45) is -0.549. The van der Waals surface area contributed by atoms with Gasteiger partial charge in [0.15, 0.2) is 5.82 Å². The van der Waals surface area contributed by atoms with E-state index in [4.69, 9.17) is 27.5 Å². The monoisotopic (exact) mass is 287 g/mol. The molecule has 1 aromatic carbocycles. The molecule has 0 heterocycles. The van der Waals surface area contributed by atoms with E-state index in [1.807, 2.05) is 0 Å². The van der Waals surface area contributed by atoms with E-state index in [1.165, 1.54) is 0 Å². The number of aromatic hydroxyl groups is 1. The summed E-state index contributed by atoms with van der Waals surface area (Å²) >= 11 is 5.34. The van der Waals surface area contributed by atoms with Crippen LogP contribution in [0.5, 0.6) is 5.75 Å². The summed E-state index contributed by atoms with van der Waals surface area (Å²) in [4.78, 5) is 10.4. The van der Waals surface area contributed by atoms with Crippen LogP contribution in [-0.2, 0) is 11.2 Å². The van der Waals surface area contributed by atoms with Gasteiger partial charge in [0.2, 0.25) is 0 Å². The molecule has 0 radical (unpaired) electrons. The zero-order valence-electron chi connectivity index (χ0n) is 8.28. The SMILES string of the molecule is Cl.NC(Cc1c(F)cc(O)c(Cl)c1F)C(=O)O. The molecule has 0 bridgehead atoms. The Morgan fingerprint density at radius 3 is 2.53 bits per heavy atom. The van der Waals surface area contributed by atoms with E-state index in [9.17, 15) is 13.6 Å². The van der Waals surface area contributed by atoms with Crippen molar-refractivity contribution in [3.05, 3.63) is 28.3 Å². The smallest absolute Gasteiger partial charge is 0.320 e. The molecule has 0 aromatic heterocycles. The van der Waals surface area contributed by atoms with Gasteiger partial charge in [0.1, 0.15) is 22.6 Å². The van der Waals surface area contributed by atoms with Crippen molar-refractivity contribution in [1.29, 1.82) is 0 Å². The van der Waals surface area contributed by atoms with Crippen molar-refractivity contribution < 1.29 is 23.8 Å². The Balaban J connectivity index is 0.00000256. The van der Waals surface area contributed by atoms with Crippen molar-refractivity contribution in [3.63, 3.8) is 0 Å². The van der Waals surface area contributed by atoms with Crippen molar-refractivity contribution >= 4 is 30.0 Å². The molecule has 8 heteroatoms. The lowest BCUT2D eigenvalue weighted by atomic mass is 10.1. The average Bonchev–Trinajstić information content (AvgIpc) is 2.20. The number of phenolic OH excluding ortho intramolecular Hbond substituents is 1. The van der Waals surface area contributed by atoms with Crippen LogP contribution < -0.4 is 5.73 Å². The van der Waals surface area contributed by atoms with Crippen LogP contribution in [0.1, 0.15) is 5.56 Å². The molecule has 1 aromatic rings. The zero-order chi connectivity index (χ0) is 12.5. The summed E-state index contributed by atoms with van der Waals surface area (Å²) in [7, 11) is 0. The summed E-state index contributed by atoms with van der Waals surface area (Å²) in [6.45, 7) is 0. The van der Waals surface area contributed by atoms with Gasteiger partial charge in [0.05, 0.1) is 0 Å². The van der Waals surface area contributed by atoms with Gasteiger partial charge < -0.3 is 15.9 Å². The number of carbonyl (C=O) groups is 1. The molecule has 4 N–H and O–H groups in total. The summed E-state index contributed by atoms with van der Waals surface area (Å²) in [5.74, 6) is -4.42. The fourth-order valence-corrected chi connectivity index (χ4v) is 1.28. The van der Waals surface area contributed by atoms with E-state index in [-0.39, 0.29) is 12.4 Å². The molecule has 1 unspecified atom stereocenters. The maximum atomic E-state index is 13.4. The molecule has 0 amide bonds. The minimum absolute atomic E-state index is 0. The quantitative estimate of drug-likeness (QED) is 0.739. The largest absolute Gasteiger partial charge is 0.506 e. The van der Waals surface area contributed by atoms with E-state index in [0.29, 0.717) is 6.07 Å². The third-order valence-electron chi connectivity index (χ3n) is 1.98. The summed E-state index contributed by atoms with van der Waals surface area (Å²) in [5, 5.41) is 16.8. The number of hydrogen-bond acceptors (Lipinski definition) is 3. The van der Waals surface area contributed by atoms with E-state index < -0.39 is 46.4 Å².